The quantitative estimate of drug-likeness (QED) is 0.879. The highest BCUT2D eigenvalue weighted by Crippen LogP contribution is 2.29. The average molecular weight is 353 g/mol. The van der Waals surface area contributed by atoms with Crippen LogP contribution in [0.3, 0.4) is 0 Å². The highest BCUT2D eigenvalue weighted by molar-refractivity contribution is 7.89. The Bertz CT molecular complexity index is 852. The van der Waals surface area contributed by atoms with Gasteiger partial charge in [0.25, 0.3) is 5.91 Å². The van der Waals surface area contributed by atoms with Gasteiger partial charge in [-0.3, -0.25) is 4.79 Å². The van der Waals surface area contributed by atoms with Crippen LogP contribution in [-0.2, 0) is 10.0 Å². The second-order valence-corrected chi connectivity index (χ2v) is 7.45. The maximum absolute atomic E-state index is 12.5. The van der Waals surface area contributed by atoms with Gasteiger partial charge in [0.2, 0.25) is 10.0 Å². The molecule has 1 aromatic carbocycles. The number of aromatic nitrogens is 1. The van der Waals surface area contributed by atoms with E-state index in [0.29, 0.717) is 22.8 Å². The van der Waals surface area contributed by atoms with Crippen LogP contribution < -0.4 is 10.1 Å². The van der Waals surface area contributed by atoms with Gasteiger partial charge in [0, 0.05) is 14.1 Å². The molecule has 2 rings (SSSR count). The number of methoxy groups -OCH3 is 1. The number of carbonyl (C=O) groups excluding carboxylic acids is 1. The van der Waals surface area contributed by atoms with E-state index in [1.807, 2.05) is 0 Å². The maximum atomic E-state index is 12.5. The van der Waals surface area contributed by atoms with Crippen molar-refractivity contribution in [3.63, 3.8) is 0 Å². The van der Waals surface area contributed by atoms with Gasteiger partial charge < -0.3 is 14.6 Å². The van der Waals surface area contributed by atoms with E-state index in [-0.39, 0.29) is 10.6 Å². The van der Waals surface area contributed by atoms with Gasteiger partial charge in [-0.15, -0.1) is 0 Å². The number of aryl methyl sites for hydroxylation is 2. The molecule has 0 fully saturated rings. The summed E-state index contributed by atoms with van der Waals surface area (Å²) in [5, 5.41) is 6.38. The number of nitrogens with zero attached hydrogens (tertiary/aromatic N) is 2. The molecular formula is C15H19N3O5S. The fraction of sp³-hybridized carbons (Fsp3) is 0.333. The third-order valence-electron chi connectivity index (χ3n) is 3.46. The maximum Gasteiger partial charge on any atom is 0.261 e. The number of amides is 1. The van der Waals surface area contributed by atoms with E-state index >= 15 is 0 Å². The number of hydrogen-bond acceptors (Lipinski definition) is 6. The molecule has 0 aliphatic rings. The molecule has 0 atom stereocenters. The zero-order chi connectivity index (χ0) is 18.1. The summed E-state index contributed by atoms with van der Waals surface area (Å²) in [6, 6.07) is 4.25. The van der Waals surface area contributed by atoms with Crippen molar-refractivity contribution in [1.82, 2.24) is 9.46 Å². The van der Waals surface area contributed by atoms with Gasteiger partial charge >= 0.3 is 0 Å². The largest absolute Gasteiger partial charge is 0.495 e. The third-order valence-corrected chi connectivity index (χ3v) is 5.27. The van der Waals surface area contributed by atoms with Crippen LogP contribution in [0.4, 0.5) is 5.69 Å². The van der Waals surface area contributed by atoms with Gasteiger partial charge in [0.15, 0.2) is 0 Å². The highest BCUT2D eigenvalue weighted by Gasteiger charge is 2.22. The van der Waals surface area contributed by atoms with Crippen LogP contribution in [0.1, 0.15) is 21.8 Å². The Balaban J connectivity index is 2.44. The molecule has 1 aromatic heterocycles. The summed E-state index contributed by atoms with van der Waals surface area (Å²) < 4.78 is 35.8. The van der Waals surface area contributed by atoms with E-state index in [0.717, 1.165) is 4.31 Å². The Kier molecular flexibility index (Phi) is 4.95. The van der Waals surface area contributed by atoms with Gasteiger partial charge in [-0.1, -0.05) is 5.16 Å². The first-order valence-corrected chi connectivity index (χ1v) is 8.47. The Hall–Kier alpha value is -2.39. The molecule has 9 heteroatoms. The van der Waals surface area contributed by atoms with E-state index in [2.05, 4.69) is 10.5 Å². The van der Waals surface area contributed by atoms with Crippen molar-refractivity contribution in [2.45, 2.75) is 18.7 Å². The Morgan fingerprint density at radius 1 is 1.29 bits per heavy atom. The van der Waals surface area contributed by atoms with Gasteiger partial charge in [0.05, 0.1) is 23.4 Å². The molecule has 0 aliphatic carbocycles. The summed E-state index contributed by atoms with van der Waals surface area (Å²) >= 11 is 0. The fourth-order valence-corrected chi connectivity index (χ4v) is 3.08. The molecule has 0 unspecified atom stereocenters. The van der Waals surface area contributed by atoms with E-state index in [1.54, 1.807) is 13.8 Å². The monoisotopic (exact) mass is 353 g/mol. The molecule has 1 amide bonds. The van der Waals surface area contributed by atoms with Crippen molar-refractivity contribution in [2.24, 2.45) is 0 Å². The Labute approximate surface area is 140 Å². The molecule has 0 saturated carbocycles. The molecular weight excluding hydrogens is 334 g/mol. The van der Waals surface area contributed by atoms with Crippen molar-refractivity contribution in [3.05, 3.63) is 35.2 Å². The van der Waals surface area contributed by atoms with Crippen molar-refractivity contribution in [3.8, 4) is 5.75 Å². The lowest BCUT2D eigenvalue weighted by Crippen LogP contribution is -2.22. The second kappa shape index (κ2) is 6.62. The molecule has 24 heavy (non-hydrogen) atoms. The minimum atomic E-state index is -3.63. The summed E-state index contributed by atoms with van der Waals surface area (Å²) in [6.07, 6.45) is 0. The zero-order valence-electron chi connectivity index (χ0n) is 14.1. The summed E-state index contributed by atoms with van der Waals surface area (Å²) in [6.45, 7) is 3.27. The third kappa shape index (κ3) is 3.26. The average Bonchev–Trinajstić information content (AvgIpc) is 2.85. The summed E-state index contributed by atoms with van der Waals surface area (Å²) in [5.74, 6) is 0.262. The molecule has 8 nitrogen and oxygen atoms in total. The predicted octanol–water partition coefficient (Wildman–Crippen LogP) is 1.80. The first-order valence-electron chi connectivity index (χ1n) is 7.03. The smallest absolute Gasteiger partial charge is 0.261 e. The lowest BCUT2D eigenvalue weighted by Gasteiger charge is -2.15. The highest BCUT2D eigenvalue weighted by atomic mass is 32.2. The minimum Gasteiger partial charge on any atom is -0.495 e. The number of hydrogen-bond donors (Lipinski definition) is 1. The lowest BCUT2D eigenvalue weighted by atomic mass is 10.2. The molecule has 0 spiro atoms. The van der Waals surface area contributed by atoms with Crippen molar-refractivity contribution < 1.29 is 22.5 Å². The van der Waals surface area contributed by atoms with Crippen molar-refractivity contribution >= 4 is 21.6 Å². The second-order valence-electron chi connectivity index (χ2n) is 5.30. The first-order chi connectivity index (χ1) is 11.2. The van der Waals surface area contributed by atoms with Crippen molar-refractivity contribution in [1.29, 1.82) is 0 Å². The SMILES string of the molecule is COc1ccc(S(=O)(=O)N(C)C)cc1NC(=O)c1c(C)noc1C. The van der Waals surface area contributed by atoms with Gasteiger partial charge in [-0.25, -0.2) is 12.7 Å². The van der Waals surface area contributed by atoms with Crippen LogP contribution in [0.5, 0.6) is 5.75 Å². The van der Waals surface area contributed by atoms with E-state index in [4.69, 9.17) is 9.26 Å². The fourth-order valence-electron chi connectivity index (χ4n) is 2.15. The van der Waals surface area contributed by atoms with Crippen LogP contribution in [0, 0.1) is 13.8 Å². The minimum absolute atomic E-state index is 0.0439. The Morgan fingerprint density at radius 3 is 2.46 bits per heavy atom. The van der Waals surface area contributed by atoms with Crippen LogP contribution >= 0.6 is 0 Å². The number of carbonyl (C=O) groups is 1. The van der Waals surface area contributed by atoms with Gasteiger partial charge in [0.1, 0.15) is 17.1 Å². The normalized spacial score (nSPS) is 11.6. The van der Waals surface area contributed by atoms with Crippen LogP contribution in [0.25, 0.3) is 0 Å². The molecule has 0 saturated heterocycles. The topological polar surface area (TPSA) is 102 Å². The van der Waals surface area contributed by atoms with Gasteiger partial charge in [-0.05, 0) is 32.0 Å². The van der Waals surface area contributed by atoms with E-state index in [1.165, 1.54) is 39.4 Å². The molecule has 0 radical (unpaired) electrons. The summed E-state index contributed by atoms with van der Waals surface area (Å²) in [7, 11) is 0.661. The number of ether oxygens (including phenoxy) is 1. The van der Waals surface area contributed by atoms with Gasteiger partial charge in [-0.2, -0.15) is 0 Å². The first kappa shape index (κ1) is 18.0. The standard InChI is InChI=1S/C15H19N3O5S/c1-9-14(10(2)23-17-9)15(19)16-12-8-11(6-7-13(12)22-5)24(20,21)18(3)4/h6-8H,1-5H3,(H,16,19). The van der Waals surface area contributed by atoms with E-state index in [9.17, 15) is 13.2 Å². The van der Waals surface area contributed by atoms with Crippen LogP contribution in [0.15, 0.2) is 27.6 Å². The molecule has 130 valence electrons. The number of sulfonamides is 1. The zero-order valence-corrected chi connectivity index (χ0v) is 14.9. The predicted molar refractivity (Wildman–Crippen MR) is 87.8 cm³/mol. The van der Waals surface area contributed by atoms with Crippen molar-refractivity contribution in [2.75, 3.05) is 26.5 Å². The molecule has 0 aliphatic heterocycles. The molecule has 0 bridgehead atoms. The number of rotatable bonds is 5. The lowest BCUT2D eigenvalue weighted by molar-refractivity contribution is 0.102. The Morgan fingerprint density at radius 2 is 1.96 bits per heavy atom. The number of anilines is 1. The number of benzene rings is 1. The van der Waals surface area contributed by atoms with Crippen LogP contribution in [0.2, 0.25) is 0 Å². The van der Waals surface area contributed by atoms with Crippen LogP contribution in [-0.4, -0.2) is 45.0 Å². The number of nitrogens with one attached hydrogen (secondary N) is 1. The molecule has 1 heterocycles. The summed E-state index contributed by atoms with van der Waals surface area (Å²) in [4.78, 5) is 12.5. The molecule has 1 N–H and O–H groups in total. The van der Waals surface area contributed by atoms with E-state index < -0.39 is 15.9 Å². The summed E-state index contributed by atoms with van der Waals surface area (Å²) in [5.41, 5.74) is 0.990. The molecule has 2 aromatic rings.